The van der Waals surface area contributed by atoms with E-state index in [4.69, 9.17) is 4.74 Å². The van der Waals surface area contributed by atoms with Gasteiger partial charge in [0.05, 0.1) is 7.11 Å². The van der Waals surface area contributed by atoms with Crippen LogP contribution in [0.3, 0.4) is 0 Å². The summed E-state index contributed by atoms with van der Waals surface area (Å²) >= 11 is 0. The molecule has 0 aliphatic carbocycles. The monoisotopic (exact) mass is 262 g/mol. The largest absolute Gasteiger partial charge is 0.453 e. The molecule has 1 aliphatic rings. The SMILES string of the molecule is CCC(=O)Nc1ccc2c(c1)CN(C(=O)OC)CC2. The number of methoxy groups -OCH3 is 1. The van der Waals surface area contributed by atoms with Gasteiger partial charge >= 0.3 is 6.09 Å². The zero-order valence-corrected chi connectivity index (χ0v) is 11.2. The molecule has 2 rings (SSSR count). The maximum atomic E-state index is 11.5. The van der Waals surface area contributed by atoms with Gasteiger partial charge in [-0.25, -0.2) is 4.79 Å². The van der Waals surface area contributed by atoms with Crippen molar-refractivity contribution in [2.75, 3.05) is 19.0 Å². The number of fused-ring (bicyclic) bond motifs is 1. The van der Waals surface area contributed by atoms with Crippen LogP contribution in [0.15, 0.2) is 18.2 Å². The summed E-state index contributed by atoms with van der Waals surface area (Å²) < 4.78 is 4.73. The number of nitrogens with zero attached hydrogens (tertiary/aromatic N) is 1. The first-order valence-electron chi connectivity index (χ1n) is 6.38. The molecule has 0 spiro atoms. The zero-order chi connectivity index (χ0) is 13.8. The molecular formula is C14H18N2O3. The molecule has 1 N–H and O–H groups in total. The highest BCUT2D eigenvalue weighted by Crippen LogP contribution is 2.23. The van der Waals surface area contributed by atoms with Gasteiger partial charge in [0.25, 0.3) is 0 Å². The van der Waals surface area contributed by atoms with E-state index in [1.807, 2.05) is 25.1 Å². The van der Waals surface area contributed by atoms with E-state index in [2.05, 4.69) is 5.32 Å². The summed E-state index contributed by atoms with van der Waals surface area (Å²) in [4.78, 5) is 24.6. The van der Waals surface area contributed by atoms with E-state index in [0.29, 0.717) is 19.5 Å². The Morgan fingerprint density at radius 1 is 1.37 bits per heavy atom. The average molecular weight is 262 g/mol. The molecule has 19 heavy (non-hydrogen) atoms. The van der Waals surface area contributed by atoms with Crippen molar-refractivity contribution in [3.05, 3.63) is 29.3 Å². The molecule has 0 saturated carbocycles. The maximum Gasteiger partial charge on any atom is 0.409 e. The molecule has 0 bridgehead atoms. The third-order valence-electron chi connectivity index (χ3n) is 3.26. The second-order valence-corrected chi connectivity index (χ2v) is 4.53. The van der Waals surface area contributed by atoms with Crippen LogP contribution in [-0.2, 0) is 22.5 Å². The summed E-state index contributed by atoms with van der Waals surface area (Å²) in [7, 11) is 1.38. The van der Waals surface area contributed by atoms with Crippen LogP contribution < -0.4 is 5.32 Å². The predicted molar refractivity (Wildman–Crippen MR) is 71.9 cm³/mol. The maximum absolute atomic E-state index is 11.5. The van der Waals surface area contributed by atoms with Gasteiger partial charge in [-0.1, -0.05) is 13.0 Å². The summed E-state index contributed by atoms with van der Waals surface area (Å²) in [5, 5.41) is 2.83. The molecule has 102 valence electrons. The number of nitrogens with one attached hydrogen (secondary N) is 1. The van der Waals surface area contributed by atoms with Crippen molar-refractivity contribution >= 4 is 17.7 Å². The van der Waals surface area contributed by atoms with Crippen LogP contribution in [-0.4, -0.2) is 30.6 Å². The van der Waals surface area contributed by atoms with Gasteiger partial charge in [-0.2, -0.15) is 0 Å². The Balaban J connectivity index is 2.15. The highest BCUT2D eigenvalue weighted by atomic mass is 16.5. The second kappa shape index (κ2) is 5.73. The van der Waals surface area contributed by atoms with Crippen LogP contribution in [0.5, 0.6) is 0 Å². The molecule has 0 fully saturated rings. The number of carbonyl (C=O) groups is 2. The number of benzene rings is 1. The zero-order valence-electron chi connectivity index (χ0n) is 11.2. The third kappa shape index (κ3) is 3.05. The van der Waals surface area contributed by atoms with E-state index in [1.54, 1.807) is 4.90 Å². The van der Waals surface area contributed by atoms with Crippen molar-refractivity contribution in [2.45, 2.75) is 26.3 Å². The first-order chi connectivity index (χ1) is 9.13. The molecule has 1 aromatic carbocycles. The summed E-state index contributed by atoms with van der Waals surface area (Å²) in [6.07, 6.45) is 0.950. The van der Waals surface area contributed by atoms with E-state index >= 15 is 0 Å². The van der Waals surface area contributed by atoms with Gasteiger partial charge in [-0.05, 0) is 29.7 Å². The fourth-order valence-electron chi connectivity index (χ4n) is 2.17. The molecule has 1 aromatic rings. The minimum Gasteiger partial charge on any atom is -0.453 e. The van der Waals surface area contributed by atoms with Crippen molar-refractivity contribution in [3.63, 3.8) is 0 Å². The van der Waals surface area contributed by atoms with Gasteiger partial charge in [0.15, 0.2) is 0 Å². The molecule has 0 atom stereocenters. The number of anilines is 1. The summed E-state index contributed by atoms with van der Waals surface area (Å²) in [5.41, 5.74) is 3.05. The molecule has 1 heterocycles. The fourth-order valence-corrected chi connectivity index (χ4v) is 2.17. The number of hydrogen-bond donors (Lipinski definition) is 1. The normalized spacial score (nSPS) is 13.7. The fraction of sp³-hybridized carbons (Fsp3) is 0.429. The number of ether oxygens (including phenoxy) is 1. The Morgan fingerprint density at radius 2 is 2.16 bits per heavy atom. The van der Waals surface area contributed by atoms with Gasteiger partial charge < -0.3 is 15.0 Å². The topological polar surface area (TPSA) is 58.6 Å². The Labute approximate surface area is 112 Å². The molecule has 2 amide bonds. The quantitative estimate of drug-likeness (QED) is 0.888. The first-order valence-corrected chi connectivity index (χ1v) is 6.38. The lowest BCUT2D eigenvalue weighted by Crippen LogP contribution is -2.35. The lowest BCUT2D eigenvalue weighted by molar-refractivity contribution is -0.115. The van der Waals surface area contributed by atoms with Gasteiger partial charge in [0, 0.05) is 25.2 Å². The average Bonchev–Trinajstić information content (AvgIpc) is 2.45. The summed E-state index contributed by atoms with van der Waals surface area (Å²) in [6.45, 7) is 3.00. The number of rotatable bonds is 2. The molecule has 0 aromatic heterocycles. The van der Waals surface area contributed by atoms with Crippen LogP contribution in [0.4, 0.5) is 10.5 Å². The number of hydrogen-bond acceptors (Lipinski definition) is 3. The Bertz CT molecular complexity index is 499. The van der Waals surface area contributed by atoms with Gasteiger partial charge in [-0.15, -0.1) is 0 Å². The van der Waals surface area contributed by atoms with Gasteiger partial charge in [0.2, 0.25) is 5.91 Å². The van der Waals surface area contributed by atoms with Crippen molar-refractivity contribution in [1.82, 2.24) is 4.90 Å². The summed E-state index contributed by atoms with van der Waals surface area (Å²) in [5.74, 6) is -0.0133. The van der Waals surface area contributed by atoms with E-state index in [1.165, 1.54) is 12.7 Å². The Hall–Kier alpha value is -2.04. The van der Waals surface area contributed by atoms with Gasteiger partial charge in [-0.3, -0.25) is 4.79 Å². The van der Waals surface area contributed by atoms with Crippen LogP contribution >= 0.6 is 0 Å². The first kappa shape index (κ1) is 13.4. The van der Waals surface area contributed by atoms with E-state index < -0.39 is 0 Å². The van der Waals surface area contributed by atoms with E-state index in [0.717, 1.165) is 17.7 Å². The molecule has 0 saturated heterocycles. The van der Waals surface area contributed by atoms with Crippen LogP contribution in [0.25, 0.3) is 0 Å². The Morgan fingerprint density at radius 3 is 2.84 bits per heavy atom. The standard InChI is InChI=1S/C14H18N2O3/c1-3-13(17)15-12-5-4-10-6-7-16(14(18)19-2)9-11(10)8-12/h4-5,8H,3,6-7,9H2,1-2H3,(H,15,17). The molecular weight excluding hydrogens is 244 g/mol. The minimum atomic E-state index is -0.311. The number of amides is 2. The van der Waals surface area contributed by atoms with Crippen molar-refractivity contribution < 1.29 is 14.3 Å². The van der Waals surface area contributed by atoms with Crippen molar-refractivity contribution in [3.8, 4) is 0 Å². The number of carbonyl (C=O) groups excluding carboxylic acids is 2. The molecule has 1 aliphatic heterocycles. The smallest absolute Gasteiger partial charge is 0.409 e. The van der Waals surface area contributed by atoms with E-state index in [-0.39, 0.29) is 12.0 Å². The highest BCUT2D eigenvalue weighted by molar-refractivity contribution is 5.90. The van der Waals surface area contributed by atoms with Crippen molar-refractivity contribution in [2.24, 2.45) is 0 Å². The molecule has 5 nitrogen and oxygen atoms in total. The van der Waals surface area contributed by atoms with Crippen molar-refractivity contribution in [1.29, 1.82) is 0 Å². The van der Waals surface area contributed by atoms with Crippen LogP contribution in [0, 0.1) is 0 Å². The second-order valence-electron chi connectivity index (χ2n) is 4.53. The highest BCUT2D eigenvalue weighted by Gasteiger charge is 2.21. The van der Waals surface area contributed by atoms with E-state index in [9.17, 15) is 9.59 Å². The van der Waals surface area contributed by atoms with Crippen LogP contribution in [0.2, 0.25) is 0 Å². The molecule has 5 heteroatoms. The third-order valence-corrected chi connectivity index (χ3v) is 3.26. The lowest BCUT2D eigenvalue weighted by Gasteiger charge is -2.28. The lowest BCUT2D eigenvalue weighted by atomic mass is 9.99. The Kier molecular flexibility index (Phi) is 4.04. The minimum absolute atomic E-state index is 0.0133. The van der Waals surface area contributed by atoms with Crippen LogP contribution in [0.1, 0.15) is 24.5 Å². The van der Waals surface area contributed by atoms with Gasteiger partial charge in [0.1, 0.15) is 0 Å². The summed E-state index contributed by atoms with van der Waals surface area (Å²) in [6, 6.07) is 5.84. The molecule has 0 radical (unpaired) electrons. The predicted octanol–water partition coefficient (Wildman–Crippen LogP) is 2.16. The molecule has 0 unspecified atom stereocenters.